The van der Waals surface area contributed by atoms with E-state index in [9.17, 15) is 19.2 Å². The lowest BCUT2D eigenvalue weighted by atomic mass is 9.93. The summed E-state index contributed by atoms with van der Waals surface area (Å²) in [7, 11) is 6.36. The minimum atomic E-state index is -0.629. The van der Waals surface area contributed by atoms with Crippen LogP contribution in [0.4, 0.5) is 17.1 Å². The first kappa shape index (κ1) is 37.6. The zero-order chi connectivity index (χ0) is 41.1. The van der Waals surface area contributed by atoms with Gasteiger partial charge >= 0.3 is 0 Å². The van der Waals surface area contributed by atoms with Crippen LogP contribution in [-0.4, -0.2) is 73.8 Å². The van der Waals surface area contributed by atoms with E-state index >= 15 is 0 Å². The zero-order valence-corrected chi connectivity index (χ0v) is 33.2. The standard InChI is InChI=1S/C46H43N5O8/c1-48-35-20-41(39(56-3)18-33(35)43(52)50-22-30-11-7-5-9-28(30)16-37(50)45(48)54)58-24-26-13-27(15-32(47)14-26)25-59-42-21-36-34(19-40(42)57-4)44(53)51-23-31-12-8-6-10-29(31)17-38(51)46(55)49(36)2/h5-15,18-21,37-38H,16-17,22-25,47H2,1-4H3/t37-,38-/m0/s1. The Hall–Kier alpha value is -7.02. The van der Waals surface area contributed by atoms with Gasteiger partial charge in [-0.05, 0) is 63.7 Å². The summed E-state index contributed by atoms with van der Waals surface area (Å²) in [5, 5.41) is 0. The molecule has 5 aromatic rings. The van der Waals surface area contributed by atoms with Crippen molar-refractivity contribution in [2.24, 2.45) is 0 Å². The second-order valence-corrected chi connectivity index (χ2v) is 15.3. The molecule has 2 atom stereocenters. The number of rotatable bonds is 8. The Bertz CT molecular complexity index is 2400. The minimum absolute atomic E-state index is 0.0849. The van der Waals surface area contributed by atoms with Crippen LogP contribution in [0.1, 0.15) is 54.1 Å². The van der Waals surface area contributed by atoms with Crippen molar-refractivity contribution in [3.63, 3.8) is 0 Å². The molecule has 4 aliphatic rings. The van der Waals surface area contributed by atoms with Gasteiger partial charge in [0.2, 0.25) is 11.8 Å². The summed E-state index contributed by atoms with van der Waals surface area (Å²) < 4.78 is 24.0. The van der Waals surface area contributed by atoms with Gasteiger partial charge in [-0.3, -0.25) is 19.2 Å². The molecule has 0 saturated heterocycles. The average molecular weight is 794 g/mol. The molecule has 0 fully saturated rings. The fourth-order valence-corrected chi connectivity index (χ4v) is 8.73. The van der Waals surface area contributed by atoms with Crippen LogP contribution in [0.25, 0.3) is 0 Å². The number of nitrogens with two attached hydrogens (primary N) is 1. The van der Waals surface area contributed by atoms with Crippen molar-refractivity contribution >= 4 is 40.7 Å². The predicted molar refractivity (Wildman–Crippen MR) is 220 cm³/mol. The number of hydrogen-bond acceptors (Lipinski definition) is 9. The van der Waals surface area contributed by atoms with E-state index in [1.165, 1.54) is 24.0 Å². The van der Waals surface area contributed by atoms with E-state index < -0.39 is 12.1 Å². The Balaban J connectivity index is 0.938. The summed E-state index contributed by atoms with van der Waals surface area (Å²) >= 11 is 0. The molecule has 0 saturated carbocycles. The molecule has 0 aliphatic carbocycles. The van der Waals surface area contributed by atoms with E-state index in [0.717, 1.165) is 33.4 Å². The lowest BCUT2D eigenvalue weighted by Crippen LogP contribution is -2.50. The molecule has 13 nitrogen and oxygen atoms in total. The zero-order valence-electron chi connectivity index (χ0n) is 33.2. The molecule has 13 heteroatoms. The lowest BCUT2D eigenvalue weighted by Gasteiger charge is -2.35. The number of likely N-dealkylation sites (N-methyl/N-ethyl adjacent to an activating group) is 2. The number of amides is 4. The Kier molecular flexibility index (Phi) is 9.38. The van der Waals surface area contributed by atoms with Gasteiger partial charge in [-0.1, -0.05) is 48.5 Å². The van der Waals surface area contributed by atoms with Crippen molar-refractivity contribution in [2.45, 2.75) is 51.2 Å². The Morgan fingerprint density at radius 3 is 1.37 bits per heavy atom. The van der Waals surface area contributed by atoms with Crippen LogP contribution in [-0.2, 0) is 48.7 Å². The summed E-state index contributed by atoms with van der Waals surface area (Å²) in [5.41, 5.74) is 14.0. The van der Waals surface area contributed by atoms with E-state index in [4.69, 9.17) is 24.7 Å². The third-order valence-electron chi connectivity index (χ3n) is 11.9. The van der Waals surface area contributed by atoms with Gasteiger partial charge < -0.3 is 44.3 Å². The highest BCUT2D eigenvalue weighted by Crippen LogP contribution is 2.42. The third kappa shape index (κ3) is 6.52. The highest BCUT2D eigenvalue weighted by atomic mass is 16.5. The molecule has 59 heavy (non-hydrogen) atoms. The normalized spacial score (nSPS) is 18.1. The van der Waals surface area contributed by atoms with E-state index in [1.54, 1.807) is 60.3 Å². The summed E-state index contributed by atoms with van der Waals surface area (Å²) in [6, 6.07) is 26.6. The van der Waals surface area contributed by atoms with Gasteiger partial charge in [0.15, 0.2) is 23.0 Å². The molecule has 0 bridgehead atoms. The number of nitrogens with zero attached hydrogens (tertiary/aromatic N) is 4. The minimum Gasteiger partial charge on any atom is -0.493 e. The van der Waals surface area contributed by atoms with Gasteiger partial charge in [-0.2, -0.15) is 0 Å². The highest BCUT2D eigenvalue weighted by molar-refractivity contribution is 6.12. The Labute approximate surface area is 341 Å². The van der Waals surface area contributed by atoms with E-state index in [0.29, 0.717) is 77.1 Å². The third-order valence-corrected chi connectivity index (χ3v) is 11.9. The first-order chi connectivity index (χ1) is 28.5. The number of fused-ring (bicyclic) bond motifs is 6. The predicted octanol–water partition coefficient (Wildman–Crippen LogP) is 5.53. The van der Waals surface area contributed by atoms with Crippen LogP contribution >= 0.6 is 0 Å². The van der Waals surface area contributed by atoms with Crippen molar-refractivity contribution in [2.75, 3.05) is 43.8 Å². The molecule has 300 valence electrons. The monoisotopic (exact) mass is 793 g/mol. The van der Waals surface area contributed by atoms with Gasteiger partial charge in [0.05, 0.1) is 36.7 Å². The largest absolute Gasteiger partial charge is 0.493 e. The van der Waals surface area contributed by atoms with Gasteiger partial charge in [-0.25, -0.2) is 0 Å². The fraction of sp³-hybridized carbons (Fsp3) is 0.261. The number of carbonyl (C=O) groups is 4. The molecule has 4 aliphatic heterocycles. The molecule has 0 spiro atoms. The van der Waals surface area contributed by atoms with E-state index in [2.05, 4.69) is 0 Å². The Morgan fingerprint density at radius 1 is 0.559 bits per heavy atom. The number of benzene rings is 5. The van der Waals surface area contributed by atoms with Crippen molar-refractivity contribution in [1.29, 1.82) is 0 Å². The summed E-state index contributed by atoms with van der Waals surface area (Å²) in [4.78, 5) is 62.0. The topological polar surface area (TPSA) is 144 Å². The maximum Gasteiger partial charge on any atom is 0.257 e. The summed E-state index contributed by atoms with van der Waals surface area (Å²) in [6.07, 6.45) is 0.872. The van der Waals surface area contributed by atoms with Crippen LogP contribution in [0.2, 0.25) is 0 Å². The highest BCUT2D eigenvalue weighted by Gasteiger charge is 2.43. The van der Waals surface area contributed by atoms with Crippen LogP contribution in [0.15, 0.2) is 91.0 Å². The van der Waals surface area contributed by atoms with Crippen molar-refractivity contribution in [1.82, 2.24) is 9.80 Å². The second-order valence-electron chi connectivity index (χ2n) is 15.3. The maximum absolute atomic E-state index is 14.0. The number of nitrogen functional groups attached to an aromatic ring is 1. The number of anilines is 3. The quantitative estimate of drug-likeness (QED) is 0.201. The van der Waals surface area contributed by atoms with Crippen LogP contribution in [0, 0.1) is 0 Å². The molecule has 4 heterocycles. The smallest absolute Gasteiger partial charge is 0.257 e. The molecule has 0 radical (unpaired) electrons. The van der Waals surface area contributed by atoms with Crippen LogP contribution in [0.5, 0.6) is 23.0 Å². The molecule has 5 aromatic carbocycles. The van der Waals surface area contributed by atoms with Crippen molar-refractivity contribution < 1.29 is 38.1 Å². The molecule has 9 rings (SSSR count). The second kappa shape index (κ2) is 14.7. The molecule has 2 N–H and O–H groups in total. The molecule has 0 aromatic heterocycles. The van der Waals surface area contributed by atoms with Gasteiger partial charge in [-0.15, -0.1) is 0 Å². The van der Waals surface area contributed by atoms with Gasteiger partial charge in [0.1, 0.15) is 25.3 Å². The molecule has 0 unspecified atom stereocenters. The van der Waals surface area contributed by atoms with Crippen LogP contribution < -0.4 is 34.5 Å². The molecule has 4 amide bonds. The summed E-state index contributed by atoms with van der Waals surface area (Å²) in [6.45, 7) is 0.847. The molecular weight excluding hydrogens is 751 g/mol. The first-order valence-electron chi connectivity index (χ1n) is 19.4. The van der Waals surface area contributed by atoms with Crippen LogP contribution in [0.3, 0.4) is 0 Å². The van der Waals surface area contributed by atoms with E-state index in [1.807, 2.05) is 54.6 Å². The molecular formula is C46H43N5O8. The lowest BCUT2D eigenvalue weighted by molar-refractivity contribution is -0.123. The SMILES string of the molecule is COc1cc2c(cc1OCc1cc(N)cc(COc3cc4c(cc3OC)C(=O)N3Cc5ccccc5C[C@H]3C(=O)N4C)c1)N(C)C(=O)[C@@H]1Cc3ccccc3CN1C2=O. The summed E-state index contributed by atoms with van der Waals surface area (Å²) in [5.74, 6) is 0.538. The number of methoxy groups -OCH3 is 2. The van der Waals surface area contributed by atoms with Gasteiger partial charge in [0, 0.05) is 57.8 Å². The average Bonchev–Trinajstić information content (AvgIpc) is 3.37. The van der Waals surface area contributed by atoms with Crippen molar-refractivity contribution in [3.8, 4) is 23.0 Å². The fourth-order valence-electron chi connectivity index (χ4n) is 8.73. The maximum atomic E-state index is 14.0. The first-order valence-corrected chi connectivity index (χ1v) is 19.4. The number of carbonyl (C=O) groups excluding carboxylic acids is 4. The van der Waals surface area contributed by atoms with Gasteiger partial charge in [0.25, 0.3) is 11.8 Å². The van der Waals surface area contributed by atoms with Crippen molar-refractivity contribution in [3.05, 3.63) is 136 Å². The number of hydrogen-bond donors (Lipinski definition) is 1. The Morgan fingerprint density at radius 2 is 0.966 bits per heavy atom. The van der Waals surface area contributed by atoms with E-state index in [-0.39, 0.29) is 36.8 Å². The number of ether oxygens (including phenoxy) is 4.